The number of hydrogen-bond donors (Lipinski definition) is 2. The Labute approximate surface area is 125 Å². The number of sulfonamides is 1. The van der Waals surface area contributed by atoms with Crippen LogP contribution in [0.1, 0.15) is 11.1 Å². The van der Waals surface area contributed by atoms with E-state index in [1.54, 1.807) is 0 Å². The summed E-state index contributed by atoms with van der Waals surface area (Å²) >= 11 is 0. The summed E-state index contributed by atoms with van der Waals surface area (Å²) in [6.45, 7) is -0.0373. The Morgan fingerprint density at radius 3 is 2.14 bits per heavy atom. The van der Waals surface area contributed by atoms with E-state index in [4.69, 9.17) is 5.14 Å². The van der Waals surface area contributed by atoms with Gasteiger partial charge in [0.05, 0.1) is 10.5 Å². The molecule has 0 aliphatic carbocycles. The van der Waals surface area contributed by atoms with Gasteiger partial charge >= 0.3 is 6.18 Å². The van der Waals surface area contributed by atoms with E-state index in [2.05, 4.69) is 5.32 Å². The molecule has 0 spiro atoms. The molecule has 4 nitrogen and oxygen atoms in total. The summed E-state index contributed by atoms with van der Waals surface area (Å²) in [5.74, 6) is 0. The Hall–Kier alpha value is -2.06. The van der Waals surface area contributed by atoms with Crippen molar-refractivity contribution in [3.05, 3.63) is 59.7 Å². The zero-order valence-electron chi connectivity index (χ0n) is 11.3. The Morgan fingerprint density at radius 2 is 1.59 bits per heavy atom. The lowest BCUT2D eigenvalue weighted by atomic mass is 10.1. The lowest BCUT2D eigenvalue weighted by Crippen LogP contribution is -2.13. The predicted octanol–water partition coefficient (Wildman–Crippen LogP) is 2.96. The SMILES string of the molecule is NS(=O)(=O)c1ccc(NCc2ccccc2C(F)(F)F)cc1. The largest absolute Gasteiger partial charge is 0.416 e. The first kappa shape index (κ1) is 16.3. The third-order valence-corrected chi connectivity index (χ3v) is 3.92. The van der Waals surface area contributed by atoms with E-state index in [0.717, 1.165) is 6.07 Å². The molecule has 0 amide bonds. The molecule has 0 unspecified atom stereocenters. The summed E-state index contributed by atoms with van der Waals surface area (Å²) in [5, 5.41) is 7.78. The number of primary sulfonamides is 1. The fraction of sp³-hybridized carbons (Fsp3) is 0.143. The Balaban J connectivity index is 2.14. The summed E-state index contributed by atoms with van der Waals surface area (Å²) in [6.07, 6.45) is -4.42. The molecule has 0 radical (unpaired) electrons. The van der Waals surface area contributed by atoms with Crippen LogP contribution in [0.4, 0.5) is 18.9 Å². The van der Waals surface area contributed by atoms with Crippen molar-refractivity contribution in [2.75, 3.05) is 5.32 Å². The average molecular weight is 330 g/mol. The van der Waals surface area contributed by atoms with Gasteiger partial charge in [0, 0.05) is 12.2 Å². The number of anilines is 1. The maximum absolute atomic E-state index is 12.8. The first-order valence-electron chi connectivity index (χ1n) is 6.20. The summed E-state index contributed by atoms with van der Waals surface area (Å²) < 4.78 is 60.8. The first-order valence-corrected chi connectivity index (χ1v) is 7.74. The smallest absolute Gasteiger partial charge is 0.381 e. The highest BCUT2D eigenvalue weighted by atomic mass is 32.2. The van der Waals surface area contributed by atoms with Crippen molar-refractivity contribution in [3.8, 4) is 0 Å². The van der Waals surface area contributed by atoms with E-state index in [0.29, 0.717) is 5.69 Å². The molecular formula is C14H13F3N2O2S. The van der Waals surface area contributed by atoms with E-state index < -0.39 is 21.8 Å². The molecule has 118 valence electrons. The molecule has 3 N–H and O–H groups in total. The summed E-state index contributed by atoms with van der Waals surface area (Å²) in [6, 6.07) is 10.7. The molecule has 0 saturated heterocycles. The van der Waals surface area contributed by atoms with Crippen LogP contribution in [0.5, 0.6) is 0 Å². The van der Waals surface area contributed by atoms with Crippen molar-refractivity contribution >= 4 is 15.7 Å². The Kier molecular flexibility index (Phi) is 4.43. The minimum atomic E-state index is -4.42. The Bertz CT molecular complexity index is 756. The third-order valence-electron chi connectivity index (χ3n) is 2.99. The number of alkyl halides is 3. The molecule has 0 saturated carbocycles. The topological polar surface area (TPSA) is 72.2 Å². The van der Waals surface area contributed by atoms with Crippen LogP contribution in [0.25, 0.3) is 0 Å². The lowest BCUT2D eigenvalue weighted by molar-refractivity contribution is -0.138. The van der Waals surface area contributed by atoms with Crippen LogP contribution >= 0.6 is 0 Å². The van der Waals surface area contributed by atoms with Crippen molar-refractivity contribution in [2.45, 2.75) is 17.6 Å². The molecule has 0 atom stereocenters. The van der Waals surface area contributed by atoms with Crippen LogP contribution < -0.4 is 10.5 Å². The van der Waals surface area contributed by atoms with E-state index in [9.17, 15) is 21.6 Å². The van der Waals surface area contributed by atoms with Crippen molar-refractivity contribution in [1.82, 2.24) is 0 Å². The second-order valence-electron chi connectivity index (χ2n) is 4.58. The van der Waals surface area contributed by atoms with Crippen LogP contribution in [0.15, 0.2) is 53.4 Å². The first-order chi connectivity index (χ1) is 10.2. The van der Waals surface area contributed by atoms with Gasteiger partial charge in [-0.25, -0.2) is 13.6 Å². The number of rotatable bonds is 4. The summed E-state index contributed by atoms with van der Waals surface area (Å²) in [4.78, 5) is -0.0614. The minimum absolute atomic E-state index is 0.0373. The van der Waals surface area contributed by atoms with Gasteiger partial charge in [-0.1, -0.05) is 18.2 Å². The van der Waals surface area contributed by atoms with Crippen molar-refractivity contribution in [1.29, 1.82) is 0 Å². The standard InChI is InChI=1S/C14H13F3N2O2S/c15-14(16,17)13-4-2-1-3-10(13)9-19-11-5-7-12(8-6-11)22(18,20)21/h1-8,19H,9H2,(H2,18,20,21). The molecule has 0 bridgehead atoms. The van der Waals surface area contributed by atoms with Crippen LogP contribution in [-0.4, -0.2) is 8.42 Å². The molecule has 0 fully saturated rings. The van der Waals surface area contributed by atoms with Crippen molar-refractivity contribution < 1.29 is 21.6 Å². The number of halogens is 3. The highest BCUT2D eigenvalue weighted by Crippen LogP contribution is 2.32. The third kappa shape index (κ3) is 3.99. The molecule has 8 heteroatoms. The number of hydrogen-bond acceptors (Lipinski definition) is 3. The molecule has 0 aliphatic heterocycles. The number of benzene rings is 2. The second kappa shape index (κ2) is 5.98. The van der Waals surface area contributed by atoms with E-state index >= 15 is 0 Å². The molecule has 22 heavy (non-hydrogen) atoms. The highest BCUT2D eigenvalue weighted by molar-refractivity contribution is 7.89. The molecule has 0 aliphatic rings. The van der Waals surface area contributed by atoms with Crippen LogP contribution in [0.3, 0.4) is 0 Å². The molecule has 0 aromatic heterocycles. The fourth-order valence-corrected chi connectivity index (χ4v) is 2.43. The van der Waals surface area contributed by atoms with Crippen molar-refractivity contribution in [2.24, 2.45) is 5.14 Å². The van der Waals surface area contributed by atoms with Crippen molar-refractivity contribution in [3.63, 3.8) is 0 Å². The fourth-order valence-electron chi connectivity index (χ4n) is 1.91. The van der Waals surface area contributed by atoms with E-state index in [-0.39, 0.29) is 17.0 Å². The van der Waals surface area contributed by atoms with E-state index in [1.807, 2.05) is 0 Å². The maximum atomic E-state index is 12.8. The Morgan fingerprint density at radius 1 is 1.00 bits per heavy atom. The predicted molar refractivity (Wildman–Crippen MR) is 76.6 cm³/mol. The molecule has 2 aromatic rings. The average Bonchev–Trinajstić information content (AvgIpc) is 2.44. The number of nitrogens with two attached hydrogens (primary N) is 1. The minimum Gasteiger partial charge on any atom is -0.381 e. The quantitative estimate of drug-likeness (QED) is 0.905. The number of nitrogens with one attached hydrogen (secondary N) is 1. The normalized spacial score (nSPS) is 12.2. The monoisotopic (exact) mass is 330 g/mol. The van der Waals surface area contributed by atoms with Gasteiger partial charge in [0.15, 0.2) is 0 Å². The second-order valence-corrected chi connectivity index (χ2v) is 6.14. The maximum Gasteiger partial charge on any atom is 0.416 e. The van der Waals surface area contributed by atoms with Gasteiger partial charge in [-0.05, 0) is 35.9 Å². The van der Waals surface area contributed by atoms with Gasteiger partial charge in [-0.2, -0.15) is 13.2 Å². The zero-order valence-corrected chi connectivity index (χ0v) is 12.1. The van der Waals surface area contributed by atoms with Crippen LogP contribution in [-0.2, 0) is 22.7 Å². The van der Waals surface area contributed by atoms with Gasteiger partial charge in [0.25, 0.3) is 0 Å². The summed E-state index contributed by atoms with van der Waals surface area (Å²) in [5.41, 5.74) is -0.112. The zero-order chi connectivity index (χ0) is 16.4. The molecular weight excluding hydrogens is 317 g/mol. The van der Waals surface area contributed by atoms with E-state index in [1.165, 1.54) is 42.5 Å². The highest BCUT2D eigenvalue weighted by Gasteiger charge is 2.32. The lowest BCUT2D eigenvalue weighted by Gasteiger charge is -2.14. The van der Waals surface area contributed by atoms with Gasteiger partial charge in [-0.3, -0.25) is 0 Å². The molecule has 0 heterocycles. The molecule has 2 rings (SSSR count). The molecule has 2 aromatic carbocycles. The van der Waals surface area contributed by atoms with Crippen LogP contribution in [0, 0.1) is 0 Å². The van der Waals surface area contributed by atoms with Gasteiger partial charge in [0.2, 0.25) is 10.0 Å². The van der Waals surface area contributed by atoms with Gasteiger partial charge < -0.3 is 5.32 Å². The van der Waals surface area contributed by atoms with Crippen LogP contribution in [0.2, 0.25) is 0 Å². The van der Waals surface area contributed by atoms with Gasteiger partial charge in [-0.15, -0.1) is 0 Å². The van der Waals surface area contributed by atoms with Gasteiger partial charge in [0.1, 0.15) is 0 Å². The summed E-state index contributed by atoms with van der Waals surface area (Å²) in [7, 11) is -3.79.